The molecule has 0 unspecified atom stereocenters. The summed E-state index contributed by atoms with van der Waals surface area (Å²) in [4.78, 5) is 39.6. The number of benzene rings is 1. The molecule has 3 heterocycles. The van der Waals surface area contributed by atoms with E-state index in [-0.39, 0.29) is 16.9 Å². The highest BCUT2D eigenvalue weighted by Gasteiger charge is 2.35. The smallest absolute Gasteiger partial charge is 0.340 e. The largest absolute Gasteiger partial charge is 0.497 e. The zero-order valence-electron chi connectivity index (χ0n) is 18.3. The number of aromatic nitrogens is 1. The van der Waals surface area contributed by atoms with Crippen LogP contribution >= 0.6 is 0 Å². The van der Waals surface area contributed by atoms with Crippen molar-refractivity contribution in [3.05, 3.63) is 87.6 Å². The van der Waals surface area contributed by atoms with Gasteiger partial charge >= 0.3 is 5.97 Å². The maximum Gasteiger partial charge on any atom is 0.340 e. The minimum absolute atomic E-state index is 0.0894. The molecule has 1 aliphatic rings. The van der Waals surface area contributed by atoms with E-state index in [2.05, 4.69) is 10.1 Å². The molecule has 0 fully saturated rings. The molecule has 0 radical (unpaired) electrons. The molecule has 0 saturated heterocycles. The van der Waals surface area contributed by atoms with Crippen molar-refractivity contribution in [2.45, 2.75) is 19.4 Å². The molecule has 174 valence electrons. The Hall–Kier alpha value is -4.54. The lowest BCUT2D eigenvalue weighted by molar-refractivity contribution is -0.385. The lowest BCUT2D eigenvalue weighted by Crippen LogP contribution is -2.31. The van der Waals surface area contributed by atoms with Gasteiger partial charge in [-0.15, -0.1) is 0 Å². The van der Waals surface area contributed by atoms with Gasteiger partial charge in [0.05, 0.1) is 35.3 Å². The van der Waals surface area contributed by atoms with Crippen LogP contribution in [0.3, 0.4) is 0 Å². The summed E-state index contributed by atoms with van der Waals surface area (Å²) in [6.07, 6.45) is 2.94. The summed E-state index contributed by atoms with van der Waals surface area (Å²) in [6, 6.07) is 11.3. The fourth-order valence-corrected chi connectivity index (χ4v) is 3.50. The summed E-state index contributed by atoms with van der Waals surface area (Å²) in [7, 11) is 1.57. The highest BCUT2D eigenvalue weighted by atomic mass is 16.6. The number of esters is 1. The lowest BCUT2D eigenvalue weighted by Gasteiger charge is -2.19. The first-order chi connectivity index (χ1) is 16.4. The Bertz CT molecular complexity index is 1250. The van der Waals surface area contributed by atoms with Crippen LogP contribution in [0.15, 0.2) is 64.4 Å². The van der Waals surface area contributed by atoms with Gasteiger partial charge in [-0.25, -0.2) is 9.80 Å². The number of aryl methyl sites for hydroxylation is 1. The topological polar surface area (TPSA) is 137 Å². The number of nitrogens with zero attached hydrogens (tertiary/aromatic N) is 4. The fraction of sp³-hybridized carbons (Fsp3) is 0.217. The minimum atomic E-state index is -0.893. The second-order valence-electron chi connectivity index (χ2n) is 7.41. The number of pyridine rings is 1. The van der Waals surface area contributed by atoms with Crippen molar-refractivity contribution in [1.82, 2.24) is 9.99 Å². The Morgan fingerprint density at radius 3 is 2.68 bits per heavy atom. The number of carbonyl (C=O) groups is 2. The molecule has 4 rings (SSSR count). The van der Waals surface area contributed by atoms with Gasteiger partial charge in [0.25, 0.3) is 11.6 Å². The minimum Gasteiger partial charge on any atom is -0.497 e. The van der Waals surface area contributed by atoms with E-state index in [1.165, 1.54) is 18.2 Å². The molecular formula is C23H20N4O7. The van der Waals surface area contributed by atoms with Crippen molar-refractivity contribution in [2.75, 3.05) is 13.7 Å². The normalized spacial score (nSPS) is 15.1. The van der Waals surface area contributed by atoms with E-state index in [0.717, 1.165) is 17.8 Å². The molecule has 1 atom stereocenters. The van der Waals surface area contributed by atoms with Crippen LogP contribution in [0.5, 0.6) is 5.75 Å². The number of ether oxygens (including phenoxy) is 2. The second-order valence-corrected chi connectivity index (χ2v) is 7.41. The molecule has 3 aromatic rings. The molecule has 11 heteroatoms. The number of nitro groups is 1. The zero-order valence-corrected chi connectivity index (χ0v) is 18.3. The molecule has 1 aliphatic heterocycles. The molecule has 0 spiro atoms. The zero-order chi connectivity index (χ0) is 24.2. The van der Waals surface area contributed by atoms with Crippen LogP contribution in [-0.2, 0) is 9.53 Å². The molecule has 2 aromatic heterocycles. The maximum atomic E-state index is 13.0. The average Bonchev–Trinajstić information content (AvgIpc) is 3.52. The summed E-state index contributed by atoms with van der Waals surface area (Å²) in [6.45, 7) is 0.901. The van der Waals surface area contributed by atoms with Crippen molar-refractivity contribution in [3.8, 4) is 5.75 Å². The van der Waals surface area contributed by atoms with Gasteiger partial charge in [-0.2, -0.15) is 5.10 Å². The van der Waals surface area contributed by atoms with Crippen molar-refractivity contribution < 1.29 is 28.4 Å². The number of hydrogen-bond donors (Lipinski definition) is 0. The van der Waals surface area contributed by atoms with Gasteiger partial charge in [0.15, 0.2) is 6.61 Å². The van der Waals surface area contributed by atoms with E-state index in [1.807, 2.05) is 12.1 Å². The first-order valence-corrected chi connectivity index (χ1v) is 10.2. The third-order valence-electron chi connectivity index (χ3n) is 5.29. The van der Waals surface area contributed by atoms with Crippen LogP contribution < -0.4 is 4.74 Å². The number of methoxy groups -OCH3 is 1. The summed E-state index contributed by atoms with van der Waals surface area (Å²) in [5, 5.41) is 16.7. The monoisotopic (exact) mass is 464 g/mol. The number of amides is 1. The van der Waals surface area contributed by atoms with E-state index < -0.39 is 29.4 Å². The van der Waals surface area contributed by atoms with Gasteiger partial charge in [0.2, 0.25) is 0 Å². The van der Waals surface area contributed by atoms with Crippen LogP contribution in [0.2, 0.25) is 0 Å². The molecule has 0 bridgehead atoms. The van der Waals surface area contributed by atoms with Crippen molar-refractivity contribution in [3.63, 3.8) is 0 Å². The predicted molar refractivity (Wildman–Crippen MR) is 118 cm³/mol. The number of rotatable bonds is 7. The lowest BCUT2D eigenvalue weighted by atomic mass is 10.0. The second kappa shape index (κ2) is 9.53. The van der Waals surface area contributed by atoms with E-state index in [4.69, 9.17) is 13.9 Å². The van der Waals surface area contributed by atoms with Gasteiger partial charge in [-0.05, 0) is 48.9 Å². The molecular weight excluding hydrogens is 444 g/mol. The Balaban J connectivity index is 1.52. The molecule has 11 nitrogen and oxygen atoms in total. The Morgan fingerprint density at radius 2 is 2.03 bits per heavy atom. The Kier molecular flexibility index (Phi) is 6.35. The number of hydrogen-bond acceptors (Lipinski definition) is 9. The van der Waals surface area contributed by atoms with Crippen LogP contribution in [0, 0.1) is 17.0 Å². The molecule has 0 N–H and O–H groups in total. The molecule has 1 aromatic carbocycles. The van der Waals surface area contributed by atoms with Gasteiger partial charge in [-0.1, -0.05) is 0 Å². The molecule has 1 amide bonds. The quantitative estimate of drug-likeness (QED) is 0.295. The summed E-state index contributed by atoms with van der Waals surface area (Å²) < 4.78 is 15.8. The standard InChI is InChI=1S/C23H20N4O7/c1-14-18(10-16(12-24-14)27(30)31)23(29)34-13-22(28)26-20(21-4-3-9-33-21)11-19(25-26)15-5-7-17(32-2)8-6-15/h3-10,12,20H,11,13H2,1-2H3/t20-/m1/s1. The third-order valence-corrected chi connectivity index (χ3v) is 5.29. The average molecular weight is 464 g/mol. The fourth-order valence-electron chi connectivity index (χ4n) is 3.50. The number of hydrazone groups is 1. The van der Waals surface area contributed by atoms with E-state index in [0.29, 0.717) is 23.6 Å². The highest BCUT2D eigenvalue weighted by molar-refractivity contribution is 6.03. The van der Waals surface area contributed by atoms with E-state index in [1.54, 1.807) is 31.4 Å². The Labute approximate surface area is 193 Å². The van der Waals surface area contributed by atoms with Crippen LogP contribution in [0.4, 0.5) is 5.69 Å². The number of carbonyl (C=O) groups excluding carboxylic acids is 2. The first kappa shape index (κ1) is 22.6. The number of furan rings is 1. The van der Waals surface area contributed by atoms with Crippen LogP contribution in [0.25, 0.3) is 0 Å². The summed E-state index contributed by atoms with van der Waals surface area (Å²) in [5.41, 5.74) is 1.27. The van der Waals surface area contributed by atoms with Gasteiger partial charge in [0, 0.05) is 12.5 Å². The summed E-state index contributed by atoms with van der Waals surface area (Å²) in [5.74, 6) is -0.245. The highest BCUT2D eigenvalue weighted by Crippen LogP contribution is 2.33. The maximum absolute atomic E-state index is 13.0. The van der Waals surface area contributed by atoms with E-state index in [9.17, 15) is 19.7 Å². The van der Waals surface area contributed by atoms with Gasteiger partial charge in [-0.3, -0.25) is 19.9 Å². The predicted octanol–water partition coefficient (Wildman–Crippen LogP) is 3.43. The van der Waals surface area contributed by atoms with Crippen molar-refractivity contribution >= 4 is 23.3 Å². The van der Waals surface area contributed by atoms with Crippen LogP contribution in [-0.4, -0.2) is 46.2 Å². The third kappa shape index (κ3) is 4.63. The summed E-state index contributed by atoms with van der Waals surface area (Å²) >= 11 is 0. The Morgan fingerprint density at radius 1 is 1.26 bits per heavy atom. The van der Waals surface area contributed by atoms with E-state index >= 15 is 0 Å². The van der Waals surface area contributed by atoms with Crippen LogP contribution in [0.1, 0.15) is 39.8 Å². The SMILES string of the molecule is COc1ccc(C2=NN(C(=O)COC(=O)c3cc([N+](=O)[O-])cnc3C)[C@@H](c3ccco3)C2)cc1. The van der Waals surface area contributed by atoms with Crippen molar-refractivity contribution in [2.24, 2.45) is 5.10 Å². The molecule has 0 saturated carbocycles. The van der Waals surface area contributed by atoms with Crippen molar-refractivity contribution in [1.29, 1.82) is 0 Å². The first-order valence-electron chi connectivity index (χ1n) is 10.2. The molecule has 0 aliphatic carbocycles. The molecule has 34 heavy (non-hydrogen) atoms. The van der Waals surface area contributed by atoms with Gasteiger partial charge in [0.1, 0.15) is 23.7 Å². The van der Waals surface area contributed by atoms with Gasteiger partial charge < -0.3 is 13.9 Å².